The SMILES string of the molecule is Cc1ccc(N2CCN(C)CC2)c2c1CC[C@@H](NS(=O)(=O)c1cnc(Cl)c(Br)c1)C2. The minimum atomic E-state index is -3.68. The number of likely N-dealkylation sites (N-methyl/N-ethyl adjacent to an activating group) is 1. The maximum atomic E-state index is 12.9. The zero-order chi connectivity index (χ0) is 21.5. The van der Waals surface area contributed by atoms with Crippen LogP contribution in [-0.2, 0) is 22.9 Å². The summed E-state index contributed by atoms with van der Waals surface area (Å²) in [6.45, 7) is 6.21. The third-order valence-corrected chi connectivity index (χ3v) is 8.70. The molecule has 6 nitrogen and oxygen atoms in total. The molecule has 1 aromatic carbocycles. The summed E-state index contributed by atoms with van der Waals surface area (Å²) in [7, 11) is -1.53. The van der Waals surface area contributed by atoms with Crippen molar-refractivity contribution in [2.45, 2.75) is 37.1 Å². The third kappa shape index (κ3) is 4.53. The number of pyridine rings is 1. The lowest BCUT2D eigenvalue weighted by Crippen LogP contribution is -2.45. The Morgan fingerprint density at radius 2 is 1.93 bits per heavy atom. The van der Waals surface area contributed by atoms with Crippen molar-refractivity contribution in [3.05, 3.63) is 50.7 Å². The molecule has 0 unspecified atom stereocenters. The molecule has 9 heteroatoms. The molecule has 0 amide bonds. The lowest BCUT2D eigenvalue weighted by atomic mass is 9.84. The van der Waals surface area contributed by atoms with Crippen LogP contribution in [0.5, 0.6) is 0 Å². The molecule has 30 heavy (non-hydrogen) atoms. The van der Waals surface area contributed by atoms with Crippen LogP contribution in [0.2, 0.25) is 5.15 Å². The average molecular weight is 514 g/mol. The Balaban J connectivity index is 1.58. The van der Waals surface area contributed by atoms with Crippen LogP contribution in [0.3, 0.4) is 0 Å². The van der Waals surface area contributed by atoms with Crippen molar-refractivity contribution in [2.75, 3.05) is 38.1 Å². The predicted molar refractivity (Wildman–Crippen MR) is 124 cm³/mol. The Hall–Kier alpha value is -1.19. The van der Waals surface area contributed by atoms with Gasteiger partial charge in [0.15, 0.2) is 0 Å². The molecule has 1 N–H and O–H groups in total. The average Bonchev–Trinajstić information content (AvgIpc) is 2.71. The molecule has 0 saturated carbocycles. The van der Waals surface area contributed by atoms with Gasteiger partial charge in [-0.25, -0.2) is 18.1 Å². The molecule has 1 saturated heterocycles. The fraction of sp³-hybridized carbons (Fsp3) is 0.476. The molecule has 1 aromatic heterocycles. The van der Waals surface area contributed by atoms with E-state index < -0.39 is 10.0 Å². The van der Waals surface area contributed by atoms with Gasteiger partial charge in [-0.15, -0.1) is 0 Å². The molecule has 0 spiro atoms. The summed E-state index contributed by atoms with van der Waals surface area (Å²) < 4.78 is 29.2. The summed E-state index contributed by atoms with van der Waals surface area (Å²) in [6, 6.07) is 5.75. The van der Waals surface area contributed by atoms with Crippen LogP contribution in [0.15, 0.2) is 33.8 Å². The topological polar surface area (TPSA) is 65.5 Å². The summed E-state index contributed by atoms with van der Waals surface area (Å²) >= 11 is 9.17. The van der Waals surface area contributed by atoms with Gasteiger partial charge in [0.2, 0.25) is 10.0 Å². The van der Waals surface area contributed by atoms with Crippen molar-refractivity contribution in [1.29, 1.82) is 0 Å². The maximum absolute atomic E-state index is 12.9. The normalized spacial score (nSPS) is 20.3. The van der Waals surface area contributed by atoms with Gasteiger partial charge in [-0.2, -0.15) is 0 Å². The highest BCUT2D eigenvalue weighted by atomic mass is 79.9. The minimum absolute atomic E-state index is 0.119. The predicted octanol–water partition coefficient (Wildman–Crippen LogP) is 3.39. The molecule has 4 rings (SSSR count). The number of halogens is 2. The quantitative estimate of drug-likeness (QED) is 0.635. The van der Waals surface area contributed by atoms with Crippen LogP contribution in [0, 0.1) is 6.92 Å². The van der Waals surface area contributed by atoms with E-state index in [1.54, 1.807) is 0 Å². The van der Waals surface area contributed by atoms with E-state index in [1.165, 1.54) is 34.6 Å². The summed E-state index contributed by atoms with van der Waals surface area (Å²) in [4.78, 5) is 8.85. The van der Waals surface area contributed by atoms with Crippen LogP contribution in [0.25, 0.3) is 0 Å². The molecule has 2 heterocycles. The number of fused-ring (bicyclic) bond motifs is 1. The van der Waals surface area contributed by atoms with Crippen LogP contribution in [0.1, 0.15) is 23.1 Å². The molecule has 1 fully saturated rings. The van der Waals surface area contributed by atoms with Crippen molar-refractivity contribution in [3.8, 4) is 0 Å². The van der Waals surface area contributed by atoms with Crippen LogP contribution < -0.4 is 9.62 Å². The number of anilines is 1. The number of sulfonamides is 1. The zero-order valence-electron chi connectivity index (χ0n) is 17.2. The van der Waals surface area contributed by atoms with Gasteiger partial charge in [-0.1, -0.05) is 17.7 Å². The van der Waals surface area contributed by atoms with Gasteiger partial charge in [0.25, 0.3) is 0 Å². The van der Waals surface area contributed by atoms with Gasteiger partial charge >= 0.3 is 0 Å². The lowest BCUT2D eigenvalue weighted by Gasteiger charge is -2.37. The first kappa shape index (κ1) is 22.0. The first-order valence-corrected chi connectivity index (χ1v) is 12.8. The van der Waals surface area contributed by atoms with Gasteiger partial charge in [0.1, 0.15) is 10.0 Å². The van der Waals surface area contributed by atoms with Gasteiger partial charge in [0, 0.05) is 44.1 Å². The number of aromatic nitrogens is 1. The van der Waals surface area contributed by atoms with Crippen molar-refractivity contribution < 1.29 is 8.42 Å². The Labute approximate surface area is 191 Å². The van der Waals surface area contributed by atoms with Gasteiger partial charge in [-0.05, 0) is 78.0 Å². The second-order valence-electron chi connectivity index (χ2n) is 8.15. The molecule has 162 valence electrons. The first-order valence-electron chi connectivity index (χ1n) is 10.1. The Kier molecular flexibility index (Phi) is 6.42. The second-order valence-corrected chi connectivity index (χ2v) is 11.1. The summed E-state index contributed by atoms with van der Waals surface area (Å²) in [5, 5.41) is 0.243. The molecule has 0 radical (unpaired) electrons. The highest BCUT2D eigenvalue weighted by Gasteiger charge is 2.29. The molecule has 1 atom stereocenters. The molecule has 1 aliphatic carbocycles. The van der Waals surface area contributed by atoms with E-state index in [0.717, 1.165) is 39.0 Å². The number of aryl methyl sites for hydroxylation is 1. The minimum Gasteiger partial charge on any atom is -0.369 e. The summed E-state index contributed by atoms with van der Waals surface area (Å²) in [5.41, 5.74) is 5.20. The fourth-order valence-electron chi connectivity index (χ4n) is 4.32. The Bertz CT molecular complexity index is 1060. The van der Waals surface area contributed by atoms with Gasteiger partial charge < -0.3 is 9.80 Å². The van der Waals surface area contributed by atoms with Crippen molar-refractivity contribution >= 4 is 43.2 Å². The van der Waals surface area contributed by atoms with Crippen LogP contribution in [-0.4, -0.2) is 57.6 Å². The van der Waals surface area contributed by atoms with E-state index in [1.807, 2.05) is 0 Å². The first-order chi connectivity index (χ1) is 14.2. The van der Waals surface area contributed by atoms with E-state index in [0.29, 0.717) is 10.9 Å². The number of nitrogens with zero attached hydrogens (tertiary/aromatic N) is 3. The number of hydrogen-bond acceptors (Lipinski definition) is 5. The lowest BCUT2D eigenvalue weighted by molar-refractivity contribution is 0.312. The van der Waals surface area contributed by atoms with E-state index in [-0.39, 0.29) is 16.1 Å². The monoisotopic (exact) mass is 512 g/mol. The Morgan fingerprint density at radius 1 is 1.20 bits per heavy atom. The highest BCUT2D eigenvalue weighted by Crippen LogP contribution is 2.34. The smallest absolute Gasteiger partial charge is 0.242 e. The molecule has 0 bridgehead atoms. The number of nitrogens with one attached hydrogen (secondary N) is 1. The molecular weight excluding hydrogens is 488 g/mol. The van der Waals surface area contributed by atoms with E-state index in [2.05, 4.69) is 61.5 Å². The van der Waals surface area contributed by atoms with E-state index in [4.69, 9.17) is 11.6 Å². The number of hydrogen-bond donors (Lipinski definition) is 1. The van der Waals surface area contributed by atoms with Crippen molar-refractivity contribution in [2.24, 2.45) is 0 Å². The van der Waals surface area contributed by atoms with Crippen LogP contribution >= 0.6 is 27.5 Å². The number of rotatable bonds is 4. The largest absolute Gasteiger partial charge is 0.369 e. The zero-order valence-corrected chi connectivity index (χ0v) is 20.3. The second kappa shape index (κ2) is 8.74. The summed E-state index contributed by atoms with van der Waals surface area (Å²) in [6.07, 6.45) is 3.64. The van der Waals surface area contributed by atoms with Gasteiger partial charge in [-0.3, -0.25) is 0 Å². The van der Waals surface area contributed by atoms with E-state index in [9.17, 15) is 8.42 Å². The Morgan fingerprint density at radius 3 is 2.63 bits per heavy atom. The third-order valence-electron chi connectivity index (χ3n) is 6.08. The van der Waals surface area contributed by atoms with Crippen LogP contribution in [0.4, 0.5) is 5.69 Å². The van der Waals surface area contributed by atoms with E-state index >= 15 is 0 Å². The molecule has 2 aliphatic rings. The number of benzene rings is 1. The van der Waals surface area contributed by atoms with Crippen molar-refractivity contribution in [1.82, 2.24) is 14.6 Å². The number of piperazine rings is 1. The fourth-order valence-corrected chi connectivity index (χ4v) is 6.17. The van der Waals surface area contributed by atoms with Crippen molar-refractivity contribution in [3.63, 3.8) is 0 Å². The van der Waals surface area contributed by atoms with Gasteiger partial charge in [0.05, 0.1) is 4.47 Å². The standard InChI is InChI=1S/C21H26BrClN4O2S/c1-14-3-6-20(27-9-7-26(2)8-10-27)18-11-15(4-5-17(14)18)25-30(28,29)16-12-19(22)21(23)24-13-16/h3,6,12-13,15,25H,4-5,7-11H2,1-2H3/t15-/m1/s1. The summed E-state index contributed by atoms with van der Waals surface area (Å²) in [5.74, 6) is 0. The molecule has 2 aromatic rings. The molecule has 1 aliphatic heterocycles. The molecular formula is C21H26BrClN4O2S. The highest BCUT2D eigenvalue weighted by molar-refractivity contribution is 9.10. The maximum Gasteiger partial charge on any atom is 0.242 e.